The first-order chi connectivity index (χ1) is 8.46. The van der Waals surface area contributed by atoms with Gasteiger partial charge in [-0.2, -0.15) is 17.9 Å². The van der Waals surface area contributed by atoms with Gasteiger partial charge in [0.25, 0.3) is 10.2 Å². The van der Waals surface area contributed by atoms with Crippen molar-refractivity contribution in [3.05, 3.63) is 0 Å². The molecular formula is C12H24N2O4S. The molecule has 0 aromatic carbocycles. The van der Waals surface area contributed by atoms with E-state index in [1.807, 2.05) is 0 Å². The highest BCUT2D eigenvalue weighted by molar-refractivity contribution is 7.87. The molecule has 0 radical (unpaired) electrons. The molecule has 1 aliphatic carbocycles. The number of aliphatic carboxylic acids is 1. The molecular weight excluding hydrogens is 268 g/mol. The van der Waals surface area contributed by atoms with E-state index in [0.717, 1.165) is 12.8 Å². The van der Waals surface area contributed by atoms with Gasteiger partial charge in [0, 0.05) is 11.6 Å². The summed E-state index contributed by atoms with van der Waals surface area (Å²) in [6.07, 6.45) is 2.69. The number of hydrogen-bond acceptors (Lipinski definition) is 3. The van der Waals surface area contributed by atoms with Crippen molar-refractivity contribution >= 4 is 16.2 Å². The SMILES string of the molecule is CC(C)(C)NS(=O)(=O)NC1CCCCC1(C)C(=O)O. The third kappa shape index (κ3) is 4.43. The molecule has 2 atom stereocenters. The Morgan fingerprint density at radius 2 is 1.89 bits per heavy atom. The quantitative estimate of drug-likeness (QED) is 0.726. The Bertz CT molecular complexity index is 441. The van der Waals surface area contributed by atoms with Crippen LogP contribution in [-0.2, 0) is 15.0 Å². The van der Waals surface area contributed by atoms with E-state index in [-0.39, 0.29) is 0 Å². The van der Waals surface area contributed by atoms with E-state index < -0.39 is 33.2 Å². The van der Waals surface area contributed by atoms with Crippen molar-refractivity contribution < 1.29 is 18.3 Å². The zero-order chi connectivity index (χ0) is 14.9. The number of rotatable bonds is 4. The second-order valence-corrected chi connectivity index (χ2v) is 7.94. The zero-order valence-electron chi connectivity index (χ0n) is 12.0. The Hall–Kier alpha value is -0.660. The van der Waals surface area contributed by atoms with Crippen LogP contribution in [0, 0.1) is 5.41 Å². The molecule has 6 nitrogen and oxygen atoms in total. The van der Waals surface area contributed by atoms with Crippen LogP contribution in [0.25, 0.3) is 0 Å². The smallest absolute Gasteiger partial charge is 0.310 e. The maximum absolute atomic E-state index is 12.0. The zero-order valence-corrected chi connectivity index (χ0v) is 12.8. The molecule has 1 saturated carbocycles. The van der Waals surface area contributed by atoms with Crippen molar-refractivity contribution in [1.82, 2.24) is 9.44 Å². The van der Waals surface area contributed by atoms with Crippen LogP contribution in [-0.4, -0.2) is 31.1 Å². The summed E-state index contributed by atoms with van der Waals surface area (Å²) < 4.78 is 29.0. The Balaban J connectivity index is 2.87. The average Bonchev–Trinajstić information content (AvgIpc) is 2.17. The van der Waals surface area contributed by atoms with Gasteiger partial charge in [0.05, 0.1) is 5.41 Å². The van der Waals surface area contributed by atoms with E-state index in [1.54, 1.807) is 27.7 Å². The van der Waals surface area contributed by atoms with Crippen LogP contribution in [0.2, 0.25) is 0 Å². The van der Waals surface area contributed by atoms with Crippen LogP contribution in [0.15, 0.2) is 0 Å². The third-order valence-corrected chi connectivity index (χ3v) is 4.91. The molecule has 0 amide bonds. The summed E-state index contributed by atoms with van der Waals surface area (Å²) in [4.78, 5) is 11.4. The maximum Gasteiger partial charge on any atom is 0.310 e. The van der Waals surface area contributed by atoms with Gasteiger partial charge in [0.15, 0.2) is 0 Å². The lowest BCUT2D eigenvalue weighted by Crippen LogP contribution is -2.56. The Morgan fingerprint density at radius 3 is 2.37 bits per heavy atom. The molecule has 2 unspecified atom stereocenters. The van der Waals surface area contributed by atoms with Crippen LogP contribution in [0.3, 0.4) is 0 Å². The molecule has 19 heavy (non-hydrogen) atoms. The molecule has 1 aliphatic rings. The van der Waals surface area contributed by atoms with Crippen molar-refractivity contribution in [2.75, 3.05) is 0 Å². The van der Waals surface area contributed by atoms with Crippen LogP contribution in [0.5, 0.6) is 0 Å². The van der Waals surface area contributed by atoms with Gasteiger partial charge >= 0.3 is 5.97 Å². The number of carboxylic acid groups (broad SMARTS) is 1. The molecule has 1 rings (SSSR count). The maximum atomic E-state index is 12.0. The highest BCUT2D eigenvalue weighted by Gasteiger charge is 2.45. The normalized spacial score (nSPS) is 29.2. The second-order valence-electron chi connectivity index (χ2n) is 6.49. The molecule has 112 valence electrons. The minimum atomic E-state index is -3.71. The highest BCUT2D eigenvalue weighted by atomic mass is 32.2. The molecule has 0 bridgehead atoms. The third-order valence-electron chi connectivity index (χ3n) is 3.43. The lowest BCUT2D eigenvalue weighted by molar-refractivity contribution is -0.151. The van der Waals surface area contributed by atoms with Crippen LogP contribution < -0.4 is 9.44 Å². The number of carboxylic acids is 1. The number of carbonyl (C=O) groups is 1. The van der Waals surface area contributed by atoms with E-state index >= 15 is 0 Å². The van der Waals surface area contributed by atoms with E-state index in [9.17, 15) is 18.3 Å². The summed E-state index contributed by atoms with van der Waals surface area (Å²) in [5, 5.41) is 9.34. The minimum absolute atomic E-state index is 0.491. The van der Waals surface area contributed by atoms with E-state index in [4.69, 9.17) is 0 Å². The lowest BCUT2D eigenvalue weighted by atomic mass is 9.72. The van der Waals surface area contributed by atoms with Crippen LogP contribution in [0.1, 0.15) is 53.4 Å². The lowest BCUT2D eigenvalue weighted by Gasteiger charge is -2.38. The average molecular weight is 292 g/mol. The molecule has 3 N–H and O–H groups in total. The van der Waals surface area contributed by atoms with Gasteiger partial charge < -0.3 is 5.11 Å². The standard InChI is InChI=1S/C12H24N2O4S/c1-11(2,3)14-19(17,18)13-9-7-5-6-8-12(9,4)10(15)16/h9,13-14H,5-8H2,1-4H3,(H,15,16). The summed E-state index contributed by atoms with van der Waals surface area (Å²) >= 11 is 0. The highest BCUT2D eigenvalue weighted by Crippen LogP contribution is 2.36. The van der Waals surface area contributed by atoms with Crippen molar-refractivity contribution in [1.29, 1.82) is 0 Å². The van der Waals surface area contributed by atoms with Gasteiger partial charge in [-0.05, 0) is 40.5 Å². The Morgan fingerprint density at radius 1 is 1.32 bits per heavy atom. The first-order valence-corrected chi connectivity index (χ1v) is 7.99. The van der Waals surface area contributed by atoms with Crippen molar-refractivity contribution in [3.63, 3.8) is 0 Å². The topological polar surface area (TPSA) is 95.5 Å². The van der Waals surface area contributed by atoms with Crippen LogP contribution >= 0.6 is 0 Å². The largest absolute Gasteiger partial charge is 0.481 e. The van der Waals surface area contributed by atoms with E-state index in [0.29, 0.717) is 12.8 Å². The summed E-state index contributed by atoms with van der Waals surface area (Å²) in [5.41, 5.74) is -1.63. The predicted molar refractivity (Wildman–Crippen MR) is 72.9 cm³/mol. The molecule has 0 saturated heterocycles. The van der Waals surface area contributed by atoms with E-state index in [2.05, 4.69) is 9.44 Å². The fraction of sp³-hybridized carbons (Fsp3) is 0.917. The number of nitrogens with one attached hydrogen (secondary N) is 2. The van der Waals surface area contributed by atoms with Crippen molar-refractivity contribution in [3.8, 4) is 0 Å². The van der Waals surface area contributed by atoms with Crippen molar-refractivity contribution in [2.24, 2.45) is 5.41 Å². The molecule has 7 heteroatoms. The van der Waals surface area contributed by atoms with Gasteiger partial charge in [-0.15, -0.1) is 0 Å². The van der Waals surface area contributed by atoms with Gasteiger partial charge in [-0.3, -0.25) is 4.79 Å². The van der Waals surface area contributed by atoms with E-state index in [1.165, 1.54) is 0 Å². The fourth-order valence-corrected chi connectivity index (χ4v) is 4.02. The van der Waals surface area contributed by atoms with Crippen LogP contribution in [0.4, 0.5) is 0 Å². The second kappa shape index (κ2) is 5.38. The molecule has 0 aromatic heterocycles. The molecule has 0 aromatic rings. The fourth-order valence-electron chi connectivity index (χ4n) is 2.40. The van der Waals surface area contributed by atoms with Gasteiger partial charge in [-0.1, -0.05) is 12.8 Å². The minimum Gasteiger partial charge on any atom is -0.481 e. The Kier molecular flexibility index (Phi) is 4.64. The Labute approximate surface area is 115 Å². The summed E-state index contributed by atoms with van der Waals surface area (Å²) in [6.45, 7) is 6.83. The predicted octanol–water partition coefficient (Wildman–Crippen LogP) is 1.24. The summed E-state index contributed by atoms with van der Waals surface area (Å²) in [5.74, 6) is -0.948. The summed E-state index contributed by atoms with van der Waals surface area (Å²) in [7, 11) is -3.71. The molecule has 0 aliphatic heterocycles. The van der Waals surface area contributed by atoms with Gasteiger partial charge in [-0.25, -0.2) is 0 Å². The molecule has 0 heterocycles. The van der Waals surface area contributed by atoms with Crippen molar-refractivity contribution in [2.45, 2.75) is 65.0 Å². The molecule has 0 spiro atoms. The van der Waals surface area contributed by atoms with Gasteiger partial charge in [0.1, 0.15) is 0 Å². The first-order valence-electron chi connectivity index (χ1n) is 6.51. The van der Waals surface area contributed by atoms with Gasteiger partial charge in [0.2, 0.25) is 0 Å². The molecule has 1 fully saturated rings. The number of hydrogen-bond donors (Lipinski definition) is 3. The first kappa shape index (κ1) is 16.4. The summed E-state index contributed by atoms with van der Waals surface area (Å²) in [6, 6.07) is -0.571. The monoisotopic (exact) mass is 292 g/mol.